The normalized spacial score (nSPS) is 14.1. The molecule has 0 bridgehead atoms. The van der Waals surface area contributed by atoms with Gasteiger partial charge in [-0.25, -0.2) is 8.42 Å². The summed E-state index contributed by atoms with van der Waals surface area (Å²) < 4.78 is 41.5. The highest BCUT2D eigenvalue weighted by Gasteiger charge is 2.32. The third-order valence-electron chi connectivity index (χ3n) is 5.87. The van der Waals surface area contributed by atoms with Crippen LogP contribution in [0.3, 0.4) is 0 Å². The Balaban J connectivity index is 2.08. The van der Waals surface area contributed by atoms with E-state index in [4.69, 9.17) is 21.1 Å². The molecule has 1 heterocycles. The fourth-order valence-electron chi connectivity index (χ4n) is 4.35. The summed E-state index contributed by atoms with van der Waals surface area (Å²) in [6.45, 7) is 11.2. The van der Waals surface area contributed by atoms with E-state index in [1.807, 2.05) is 45.9 Å². The molecule has 0 saturated carbocycles. The largest absolute Gasteiger partial charge is 0.488 e. The molecule has 3 aromatic rings. The van der Waals surface area contributed by atoms with Crippen molar-refractivity contribution < 1.29 is 27.8 Å². The number of carboxylic acids is 1. The minimum Gasteiger partial charge on any atom is -0.488 e. The minimum absolute atomic E-state index is 0.0987. The maximum Gasteiger partial charge on any atom is 0.307 e. The van der Waals surface area contributed by atoms with E-state index in [-0.39, 0.29) is 27.8 Å². The molecule has 4 rings (SSSR count). The van der Waals surface area contributed by atoms with Crippen LogP contribution in [-0.2, 0) is 21.2 Å². The standard InChI is InChI=1S/C27H28ClNO6S/c1-14-7-9-18(21(11-14)35-27(4,5)6)24-16(3)26-25(15(2)19(24)13-23(30)31)29-36(32,33)22-12-17(28)8-10-20(22)34-26/h7-12,29H,13H2,1-6H3,(H,30,31). The first kappa shape index (κ1) is 25.9. The molecule has 0 atom stereocenters. The van der Waals surface area contributed by atoms with Crippen LogP contribution >= 0.6 is 11.6 Å². The van der Waals surface area contributed by atoms with Gasteiger partial charge in [-0.3, -0.25) is 9.52 Å². The summed E-state index contributed by atoms with van der Waals surface area (Å²) in [5.41, 5.74) is 3.51. The molecule has 36 heavy (non-hydrogen) atoms. The van der Waals surface area contributed by atoms with Gasteiger partial charge >= 0.3 is 5.97 Å². The van der Waals surface area contributed by atoms with Crippen LogP contribution in [-0.4, -0.2) is 25.1 Å². The number of hydrogen-bond donors (Lipinski definition) is 2. The number of aliphatic carboxylic acids is 1. The Morgan fingerprint density at radius 3 is 2.42 bits per heavy atom. The summed E-state index contributed by atoms with van der Waals surface area (Å²) in [6, 6.07) is 10.1. The highest BCUT2D eigenvalue weighted by molar-refractivity contribution is 7.92. The number of hydrogen-bond acceptors (Lipinski definition) is 5. The fraction of sp³-hybridized carbons (Fsp3) is 0.296. The third kappa shape index (κ3) is 4.88. The van der Waals surface area contributed by atoms with Gasteiger partial charge < -0.3 is 14.6 Å². The van der Waals surface area contributed by atoms with Crippen molar-refractivity contribution in [2.24, 2.45) is 0 Å². The Kier molecular flexibility index (Phi) is 6.47. The molecule has 1 aliphatic rings. The van der Waals surface area contributed by atoms with Crippen LogP contribution in [0.15, 0.2) is 41.3 Å². The van der Waals surface area contributed by atoms with E-state index < -0.39 is 21.6 Å². The predicted octanol–water partition coefficient (Wildman–Crippen LogP) is 6.64. The van der Waals surface area contributed by atoms with Gasteiger partial charge in [0.25, 0.3) is 10.0 Å². The van der Waals surface area contributed by atoms with Crippen molar-refractivity contribution in [3.05, 3.63) is 63.7 Å². The van der Waals surface area contributed by atoms with Crippen LogP contribution in [0.25, 0.3) is 11.1 Å². The monoisotopic (exact) mass is 529 g/mol. The second-order valence-electron chi connectivity index (χ2n) is 9.89. The molecule has 9 heteroatoms. The van der Waals surface area contributed by atoms with Crippen LogP contribution in [0.2, 0.25) is 5.02 Å². The zero-order chi connectivity index (χ0) is 26.6. The van der Waals surface area contributed by atoms with Crippen molar-refractivity contribution in [2.45, 2.75) is 58.5 Å². The first-order chi connectivity index (χ1) is 16.7. The molecule has 0 unspecified atom stereocenters. The summed E-state index contributed by atoms with van der Waals surface area (Å²) in [6.07, 6.45) is -0.321. The Morgan fingerprint density at radius 1 is 1.08 bits per heavy atom. The molecule has 190 valence electrons. The lowest BCUT2D eigenvalue weighted by Gasteiger charge is -2.27. The lowest BCUT2D eigenvalue weighted by atomic mass is 9.87. The number of ether oxygens (including phenoxy) is 2. The molecule has 1 aliphatic heterocycles. The van der Waals surface area contributed by atoms with Crippen LogP contribution < -0.4 is 14.2 Å². The van der Waals surface area contributed by atoms with Gasteiger partial charge in [-0.15, -0.1) is 0 Å². The zero-order valence-electron chi connectivity index (χ0n) is 20.9. The molecule has 7 nitrogen and oxygen atoms in total. The zero-order valence-corrected chi connectivity index (χ0v) is 22.5. The van der Waals surface area contributed by atoms with E-state index in [1.54, 1.807) is 19.9 Å². The topological polar surface area (TPSA) is 102 Å². The van der Waals surface area contributed by atoms with Crippen molar-refractivity contribution in [1.82, 2.24) is 0 Å². The van der Waals surface area contributed by atoms with Gasteiger partial charge in [0.1, 0.15) is 22.0 Å². The molecular formula is C27H28ClNO6S. The SMILES string of the molecule is Cc1ccc(-c2c(C)c3c(c(C)c2CC(=O)O)NS(=O)(=O)c2cc(Cl)ccc2O3)c(OC(C)(C)C)c1. The van der Waals surface area contributed by atoms with E-state index >= 15 is 0 Å². The molecule has 0 aliphatic carbocycles. The summed E-state index contributed by atoms with van der Waals surface area (Å²) in [4.78, 5) is 11.8. The molecule has 0 aromatic heterocycles. The van der Waals surface area contributed by atoms with Crippen LogP contribution in [0.5, 0.6) is 17.2 Å². The van der Waals surface area contributed by atoms with Crippen LogP contribution in [0, 0.1) is 20.8 Å². The van der Waals surface area contributed by atoms with Crippen molar-refractivity contribution in [3.63, 3.8) is 0 Å². The number of nitrogens with one attached hydrogen (secondary N) is 1. The lowest BCUT2D eigenvalue weighted by molar-refractivity contribution is -0.136. The Labute approximate surface area is 216 Å². The second-order valence-corrected chi connectivity index (χ2v) is 12.0. The predicted molar refractivity (Wildman–Crippen MR) is 140 cm³/mol. The smallest absolute Gasteiger partial charge is 0.307 e. The molecule has 0 amide bonds. The lowest BCUT2D eigenvalue weighted by Crippen LogP contribution is -2.23. The van der Waals surface area contributed by atoms with Crippen LogP contribution in [0.1, 0.15) is 43.0 Å². The van der Waals surface area contributed by atoms with Crippen LogP contribution in [0.4, 0.5) is 5.69 Å². The number of benzene rings is 3. The number of carboxylic acid groups (broad SMARTS) is 1. The summed E-state index contributed by atoms with van der Waals surface area (Å²) in [7, 11) is -4.05. The van der Waals surface area contributed by atoms with Gasteiger partial charge in [0.15, 0.2) is 5.75 Å². The number of rotatable bonds is 4. The van der Waals surface area contributed by atoms with Gasteiger partial charge in [-0.2, -0.15) is 0 Å². The van der Waals surface area contributed by atoms with Gasteiger partial charge in [-0.05, 0) is 88.1 Å². The summed E-state index contributed by atoms with van der Waals surface area (Å²) in [5.74, 6) is -0.0294. The summed E-state index contributed by atoms with van der Waals surface area (Å²) in [5, 5.41) is 10.0. The number of halogens is 1. The number of anilines is 1. The van der Waals surface area contributed by atoms with Gasteiger partial charge in [0.2, 0.25) is 0 Å². The number of carbonyl (C=O) groups is 1. The maximum absolute atomic E-state index is 13.2. The first-order valence-corrected chi connectivity index (χ1v) is 13.2. The minimum atomic E-state index is -4.05. The van der Waals surface area contributed by atoms with Gasteiger partial charge in [-0.1, -0.05) is 23.7 Å². The molecule has 0 saturated heterocycles. The fourth-order valence-corrected chi connectivity index (χ4v) is 5.87. The van der Waals surface area contributed by atoms with Crippen molar-refractivity contribution in [2.75, 3.05) is 4.72 Å². The molecule has 0 radical (unpaired) electrons. The highest BCUT2D eigenvalue weighted by atomic mass is 35.5. The van der Waals surface area contributed by atoms with E-state index in [1.165, 1.54) is 12.1 Å². The molecular weight excluding hydrogens is 502 g/mol. The van der Waals surface area contributed by atoms with E-state index in [0.29, 0.717) is 39.3 Å². The molecule has 3 aromatic carbocycles. The average Bonchev–Trinajstić information content (AvgIpc) is 2.86. The molecule has 0 fully saturated rings. The molecule has 2 N–H and O–H groups in total. The molecule has 0 spiro atoms. The third-order valence-corrected chi connectivity index (χ3v) is 7.47. The average molecular weight is 530 g/mol. The van der Waals surface area contributed by atoms with Gasteiger partial charge in [0, 0.05) is 16.1 Å². The summed E-state index contributed by atoms with van der Waals surface area (Å²) >= 11 is 6.07. The number of sulfonamides is 1. The Bertz CT molecular complexity index is 1510. The van der Waals surface area contributed by atoms with Gasteiger partial charge in [0.05, 0.1) is 12.1 Å². The van der Waals surface area contributed by atoms with Crippen molar-refractivity contribution >= 4 is 33.3 Å². The Hall–Kier alpha value is -3.23. The van der Waals surface area contributed by atoms with E-state index in [2.05, 4.69) is 4.72 Å². The Morgan fingerprint density at radius 2 is 1.78 bits per heavy atom. The van der Waals surface area contributed by atoms with E-state index in [9.17, 15) is 18.3 Å². The number of fused-ring (bicyclic) bond motifs is 2. The first-order valence-electron chi connectivity index (χ1n) is 11.4. The van der Waals surface area contributed by atoms with Crippen molar-refractivity contribution in [3.8, 4) is 28.4 Å². The van der Waals surface area contributed by atoms with E-state index in [0.717, 1.165) is 5.56 Å². The number of aryl methyl sites for hydroxylation is 1. The second kappa shape index (κ2) is 9.01. The van der Waals surface area contributed by atoms with Crippen molar-refractivity contribution in [1.29, 1.82) is 0 Å². The quantitative estimate of drug-likeness (QED) is 0.392. The highest BCUT2D eigenvalue weighted by Crippen LogP contribution is 2.50. The maximum atomic E-state index is 13.2.